The number of halogens is 2. The summed E-state index contributed by atoms with van der Waals surface area (Å²) in [6, 6.07) is 21.1. The molecule has 38 heavy (non-hydrogen) atoms. The fourth-order valence-corrected chi connectivity index (χ4v) is 5.04. The third-order valence-electron chi connectivity index (χ3n) is 5.79. The Labute approximate surface area is 236 Å². The average molecular weight is 572 g/mol. The van der Waals surface area contributed by atoms with Crippen LogP contribution in [-0.2, 0) is 11.2 Å². The predicted octanol–water partition coefficient (Wildman–Crippen LogP) is 6.49. The number of nitrogens with one attached hydrogen (secondary N) is 1. The second kappa shape index (κ2) is 13.6. The third kappa shape index (κ3) is 7.01. The van der Waals surface area contributed by atoms with Gasteiger partial charge in [-0.3, -0.25) is 9.36 Å². The molecule has 0 radical (unpaired) electrons. The summed E-state index contributed by atoms with van der Waals surface area (Å²) >= 11 is 14.0. The highest BCUT2D eigenvalue weighted by atomic mass is 35.5. The van der Waals surface area contributed by atoms with Gasteiger partial charge in [0.1, 0.15) is 0 Å². The molecule has 0 bridgehead atoms. The quantitative estimate of drug-likeness (QED) is 0.155. The highest BCUT2D eigenvalue weighted by molar-refractivity contribution is 7.99. The zero-order valence-electron chi connectivity index (χ0n) is 21.1. The van der Waals surface area contributed by atoms with Crippen LogP contribution >= 0.6 is 35.0 Å². The third-order valence-corrected chi connectivity index (χ3v) is 7.54. The van der Waals surface area contributed by atoms with E-state index in [4.69, 9.17) is 32.7 Å². The summed E-state index contributed by atoms with van der Waals surface area (Å²) < 4.78 is 12.6. The lowest BCUT2D eigenvalue weighted by molar-refractivity contribution is -0.121. The molecule has 0 unspecified atom stereocenters. The molecular weight excluding hydrogens is 543 g/mol. The number of thioether (sulfide) groups is 1. The van der Waals surface area contributed by atoms with Gasteiger partial charge in [-0.15, -0.1) is 10.2 Å². The first-order chi connectivity index (χ1) is 18.5. The minimum absolute atomic E-state index is 0.0157. The van der Waals surface area contributed by atoms with E-state index in [-0.39, 0.29) is 5.91 Å². The smallest absolute Gasteiger partial charge is 0.220 e. The van der Waals surface area contributed by atoms with Gasteiger partial charge in [0.2, 0.25) is 5.91 Å². The highest BCUT2D eigenvalue weighted by Crippen LogP contribution is 2.32. The summed E-state index contributed by atoms with van der Waals surface area (Å²) in [6.45, 7) is 0.549. The van der Waals surface area contributed by atoms with Crippen molar-refractivity contribution in [3.8, 4) is 28.6 Å². The van der Waals surface area contributed by atoms with E-state index in [9.17, 15) is 4.79 Å². The molecule has 1 N–H and O–H groups in total. The molecule has 0 saturated carbocycles. The monoisotopic (exact) mass is 570 g/mol. The summed E-state index contributed by atoms with van der Waals surface area (Å²) in [5.74, 6) is 2.79. The van der Waals surface area contributed by atoms with Crippen LogP contribution in [0.2, 0.25) is 10.0 Å². The van der Waals surface area contributed by atoms with Crippen molar-refractivity contribution in [2.45, 2.75) is 24.4 Å². The van der Waals surface area contributed by atoms with Crippen LogP contribution in [0.25, 0.3) is 17.1 Å². The number of carbonyl (C=O) groups excluding carboxylic acids is 1. The largest absolute Gasteiger partial charge is 0.493 e. The van der Waals surface area contributed by atoms with E-state index in [1.165, 1.54) is 0 Å². The summed E-state index contributed by atoms with van der Waals surface area (Å²) in [4.78, 5) is 12.4. The lowest BCUT2D eigenvalue weighted by Crippen LogP contribution is -2.25. The van der Waals surface area contributed by atoms with Gasteiger partial charge in [0, 0.05) is 24.3 Å². The maximum atomic E-state index is 12.4. The molecule has 3 aromatic carbocycles. The van der Waals surface area contributed by atoms with Gasteiger partial charge in [-0.25, -0.2) is 0 Å². The number of amides is 1. The molecule has 10 heteroatoms. The second-order valence-electron chi connectivity index (χ2n) is 8.35. The molecule has 1 heterocycles. The second-order valence-corrected chi connectivity index (χ2v) is 10.2. The summed E-state index contributed by atoms with van der Waals surface area (Å²) in [7, 11) is 3.21. The average Bonchev–Trinajstić information content (AvgIpc) is 3.37. The maximum absolute atomic E-state index is 12.4. The Morgan fingerprint density at radius 3 is 2.47 bits per heavy atom. The van der Waals surface area contributed by atoms with Gasteiger partial charge in [0.15, 0.2) is 22.5 Å². The van der Waals surface area contributed by atoms with Crippen molar-refractivity contribution in [2.75, 3.05) is 26.5 Å². The van der Waals surface area contributed by atoms with Crippen molar-refractivity contribution in [3.63, 3.8) is 0 Å². The van der Waals surface area contributed by atoms with Crippen LogP contribution in [0.1, 0.15) is 18.4 Å². The topological polar surface area (TPSA) is 78.3 Å². The van der Waals surface area contributed by atoms with E-state index in [2.05, 4.69) is 15.5 Å². The number of ether oxygens (including phenoxy) is 2. The van der Waals surface area contributed by atoms with Crippen LogP contribution in [0.4, 0.5) is 0 Å². The molecular formula is C28H28Cl2N4O3S. The Balaban J connectivity index is 1.33. The minimum atomic E-state index is 0.0157. The Morgan fingerprint density at radius 1 is 0.947 bits per heavy atom. The van der Waals surface area contributed by atoms with Gasteiger partial charge >= 0.3 is 0 Å². The molecule has 1 amide bonds. The first kappa shape index (κ1) is 27.8. The van der Waals surface area contributed by atoms with Gasteiger partial charge in [0.05, 0.1) is 30.0 Å². The standard InChI is InChI=1S/C28H28Cl2N4O3S/c1-36-24-13-10-19(17-25(24)37-2)14-15-31-26(35)9-6-16-38-28-33-32-27(20-7-4-3-5-8-20)34(28)21-11-12-22(29)23(30)18-21/h3-5,7-8,10-13,17-18H,6,9,14-16H2,1-2H3,(H,31,35). The number of hydrogen-bond acceptors (Lipinski definition) is 6. The normalized spacial score (nSPS) is 10.8. The van der Waals surface area contributed by atoms with E-state index in [0.29, 0.717) is 58.9 Å². The van der Waals surface area contributed by atoms with Gasteiger partial charge < -0.3 is 14.8 Å². The number of rotatable bonds is 12. The molecule has 7 nitrogen and oxygen atoms in total. The van der Waals surface area contributed by atoms with Crippen molar-refractivity contribution < 1.29 is 14.3 Å². The fourth-order valence-electron chi connectivity index (χ4n) is 3.86. The number of nitrogens with zero attached hydrogens (tertiary/aromatic N) is 3. The predicted molar refractivity (Wildman–Crippen MR) is 153 cm³/mol. The van der Waals surface area contributed by atoms with Gasteiger partial charge in [-0.2, -0.15) is 0 Å². The first-order valence-corrected chi connectivity index (χ1v) is 13.8. The number of methoxy groups -OCH3 is 2. The maximum Gasteiger partial charge on any atom is 0.220 e. The first-order valence-electron chi connectivity index (χ1n) is 12.1. The Bertz CT molecular complexity index is 1380. The summed E-state index contributed by atoms with van der Waals surface area (Å²) in [5, 5.41) is 13.5. The van der Waals surface area contributed by atoms with E-state index in [0.717, 1.165) is 22.0 Å². The zero-order chi connectivity index (χ0) is 26.9. The Hall–Kier alpha value is -3.20. The SMILES string of the molecule is COc1ccc(CCNC(=O)CCCSc2nnc(-c3ccccc3)n2-c2ccc(Cl)c(Cl)c2)cc1OC. The molecule has 0 fully saturated rings. The van der Waals surface area contributed by atoms with E-state index in [1.54, 1.807) is 38.1 Å². The van der Waals surface area contributed by atoms with Crippen LogP contribution in [0.15, 0.2) is 71.9 Å². The van der Waals surface area contributed by atoms with E-state index >= 15 is 0 Å². The Morgan fingerprint density at radius 2 is 1.74 bits per heavy atom. The summed E-state index contributed by atoms with van der Waals surface area (Å²) in [6.07, 6.45) is 1.82. The van der Waals surface area contributed by atoms with Gasteiger partial charge in [-0.05, 0) is 48.7 Å². The Kier molecular flexibility index (Phi) is 9.92. The van der Waals surface area contributed by atoms with Crippen LogP contribution in [0.5, 0.6) is 11.5 Å². The van der Waals surface area contributed by atoms with Crippen molar-refractivity contribution in [1.82, 2.24) is 20.1 Å². The molecule has 198 valence electrons. The molecule has 4 aromatic rings. The minimum Gasteiger partial charge on any atom is -0.493 e. The molecule has 0 saturated heterocycles. The molecule has 0 aliphatic rings. The lowest BCUT2D eigenvalue weighted by atomic mass is 10.1. The van der Waals surface area contributed by atoms with Crippen molar-refractivity contribution >= 4 is 40.9 Å². The molecule has 0 aliphatic heterocycles. The lowest BCUT2D eigenvalue weighted by Gasteiger charge is -2.11. The van der Waals surface area contributed by atoms with E-state index < -0.39 is 0 Å². The number of benzene rings is 3. The molecule has 1 aromatic heterocycles. The van der Waals surface area contributed by atoms with Crippen molar-refractivity contribution in [2.24, 2.45) is 0 Å². The number of hydrogen-bond donors (Lipinski definition) is 1. The molecule has 4 rings (SSSR count). The highest BCUT2D eigenvalue weighted by Gasteiger charge is 2.17. The number of carbonyl (C=O) groups is 1. The molecule has 0 aliphatic carbocycles. The molecule has 0 atom stereocenters. The number of aromatic nitrogens is 3. The zero-order valence-corrected chi connectivity index (χ0v) is 23.4. The van der Waals surface area contributed by atoms with Gasteiger partial charge in [-0.1, -0.05) is 71.4 Å². The summed E-state index contributed by atoms with van der Waals surface area (Å²) in [5.41, 5.74) is 2.82. The molecule has 0 spiro atoms. The van der Waals surface area contributed by atoms with E-state index in [1.807, 2.05) is 59.2 Å². The fraction of sp³-hybridized carbons (Fsp3) is 0.250. The van der Waals surface area contributed by atoms with Crippen LogP contribution in [0, 0.1) is 0 Å². The van der Waals surface area contributed by atoms with Crippen LogP contribution in [-0.4, -0.2) is 47.2 Å². The van der Waals surface area contributed by atoms with Crippen molar-refractivity contribution in [3.05, 3.63) is 82.3 Å². The van der Waals surface area contributed by atoms with Crippen LogP contribution < -0.4 is 14.8 Å². The van der Waals surface area contributed by atoms with Crippen molar-refractivity contribution in [1.29, 1.82) is 0 Å². The van der Waals surface area contributed by atoms with Gasteiger partial charge in [0.25, 0.3) is 0 Å². The van der Waals surface area contributed by atoms with Crippen LogP contribution in [0.3, 0.4) is 0 Å².